The lowest BCUT2D eigenvalue weighted by Gasteiger charge is -2.48. The molecule has 3 aliphatic rings. The van der Waals surface area contributed by atoms with Gasteiger partial charge in [-0.25, -0.2) is 9.59 Å². The molecular weight excluding hydrogens is 300 g/mol. The first-order valence-corrected chi connectivity index (χ1v) is 8.09. The summed E-state index contributed by atoms with van der Waals surface area (Å²) in [5.74, 6) is -0.0436. The van der Waals surface area contributed by atoms with E-state index in [1.165, 1.54) is 4.90 Å². The smallest absolute Gasteiger partial charge is 0.410 e. The molecule has 0 aliphatic carbocycles. The zero-order chi connectivity index (χ0) is 16.8. The van der Waals surface area contributed by atoms with Crippen LogP contribution < -0.4 is 5.32 Å². The normalized spacial score (nSPS) is 24.9. The molecule has 0 aromatic carbocycles. The van der Waals surface area contributed by atoms with Crippen LogP contribution in [0.5, 0.6) is 0 Å². The van der Waals surface area contributed by atoms with Gasteiger partial charge in [0.05, 0.1) is 6.04 Å². The third-order valence-corrected chi connectivity index (χ3v) is 4.44. The average molecular weight is 324 g/mol. The van der Waals surface area contributed by atoms with Gasteiger partial charge in [0, 0.05) is 32.7 Å². The van der Waals surface area contributed by atoms with Crippen LogP contribution in [0.15, 0.2) is 0 Å². The number of urea groups is 1. The van der Waals surface area contributed by atoms with Crippen molar-refractivity contribution < 1.29 is 19.1 Å². The number of hydrogen-bond donors (Lipinski definition) is 1. The molecule has 3 aliphatic heterocycles. The fourth-order valence-electron chi connectivity index (χ4n) is 3.06. The number of likely N-dealkylation sites (tertiary alicyclic amines) is 2. The van der Waals surface area contributed by atoms with Crippen LogP contribution in [0, 0.1) is 0 Å². The van der Waals surface area contributed by atoms with Crippen molar-refractivity contribution in [2.75, 3.05) is 32.7 Å². The second-order valence-electron chi connectivity index (χ2n) is 7.30. The molecule has 8 heteroatoms. The van der Waals surface area contributed by atoms with E-state index in [4.69, 9.17) is 4.74 Å². The molecule has 0 radical (unpaired) electrons. The number of nitrogens with one attached hydrogen (secondary N) is 1. The SMILES string of the molecule is CC(C)(C)OC(=O)N1CC[C@@H]1C(=O)N1CC(N2CCNC2=O)C1. The molecule has 1 atom stereocenters. The second kappa shape index (κ2) is 5.58. The van der Waals surface area contributed by atoms with E-state index in [1.54, 1.807) is 9.80 Å². The Kier molecular flexibility index (Phi) is 3.85. The van der Waals surface area contributed by atoms with Crippen molar-refractivity contribution in [2.45, 2.75) is 44.9 Å². The molecule has 23 heavy (non-hydrogen) atoms. The van der Waals surface area contributed by atoms with Gasteiger partial charge in [0.1, 0.15) is 11.6 Å². The average Bonchev–Trinajstić information content (AvgIpc) is 2.69. The largest absolute Gasteiger partial charge is 0.444 e. The number of hydrogen-bond acceptors (Lipinski definition) is 4. The summed E-state index contributed by atoms with van der Waals surface area (Å²) in [6.07, 6.45) is 0.238. The molecule has 0 saturated carbocycles. The number of ether oxygens (including phenoxy) is 1. The lowest BCUT2D eigenvalue weighted by atomic mass is 9.98. The molecule has 128 valence electrons. The lowest BCUT2D eigenvalue weighted by molar-refractivity contribution is -0.147. The summed E-state index contributed by atoms with van der Waals surface area (Å²) in [6, 6.07) is -0.379. The van der Waals surface area contributed by atoms with Crippen molar-refractivity contribution in [3.63, 3.8) is 0 Å². The Morgan fingerprint density at radius 1 is 1.22 bits per heavy atom. The molecule has 4 amide bonds. The molecule has 3 heterocycles. The van der Waals surface area contributed by atoms with Crippen molar-refractivity contribution in [1.29, 1.82) is 0 Å². The monoisotopic (exact) mass is 324 g/mol. The van der Waals surface area contributed by atoms with Crippen molar-refractivity contribution in [3.8, 4) is 0 Å². The van der Waals surface area contributed by atoms with Crippen LogP contribution in [-0.4, -0.2) is 83.1 Å². The van der Waals surface area contributed by atoms with E-state index in [9.17, 15) is 14.4 Å². The van der Waals surface area contributed by atoms with E-state index >= 15 is 0 Å². The van der Waals surface area contributed by atoms with Gasteiger partial charge in [0.15, 0.2) is 0 Å². The number of amides is 4. The summed E-state index contributed by atoms with van der Waals surface area (Å²) in [7, 11) is 0. The van der Waals surface area contributed by atoms with Gasteiger partial charge in [-0.3, -0.25) is 9.69 Å². The van der Waals surface area contributed by atoms with Gasteiger partial charge in [-0.15, -0.1) is 0 Å². The van der Waals surface area contributed by atoms with Crippen molar-refractivity contribution in [3.05, 3.63) is 0 Å². The van der Waals surface area contributed by atoms with E-state index in [1.807, 2.05) is 20.8 Å². The molecule has 0 spiro atoms. The Hall–Kier alpha value is -1.99. The predicted octanol–water partition coefficient (Wildman–Crippen LogP) is 0.232. The maximum atomic E-state index is 12.5. The Morgan fingerprint density at radius 3 is 2.39 bits per heavy atom. The predicted molar refractivity (Wildman–Crippen MR) is 81.8 cm³/mol. The third-order valence-electron chi connectivity index (χ3n) is 4.44. The molecule has 8 nitrogen and oxygen atoms in total. The quantitative estimate of drug-likeness (QED) is 0.788. The minimum Gasteiger partial charge on any atom is -0.444 e. The first-order valence-electron chi connectivity index (χ1n) is 8.09. The maximum Gasteiger partial charge on any atom is 0.410 e. The van der Waals surface area contributed by atoms with Crippen LogP contribution in [0.25, 0.3) is 0 Å². The fourth-order valence-corrected chi connectivity index (χ4v) is 3.06. The number of nitrogens with zero attached hydrogens (tertiary/aromatic N) is 3. The van der Waals surface area contributed by atoms with E-state index in [2.05, 4.69) is 5.32 Å². The molecule has 3 rings (SSSR count). The zero-order valence-electron chi connectivity index (χ0n) is 13.9. The molecule has 3 fully saturated rings. The zero-order valence-corrected chi connectivity index (χ0v) is 13.9. The van der Waals surface area contributed by atoms with Gasteiger partial charge in [-0.1, -0.05) is 0 Å². The van der Waals surface area contributed by atoms with Crippen LogP contribution in [0.1, 0.15) is 27.2 Å². The minimum absolute atomic E-state index is 0.0436. The summed E-state index contributed by atoms with van der Waals surface area (Å²) in [5, 5.41) is 2.77. The summed E-state index contributed by atoms with van der Waals surface area (Å²) in [6.45, 7) is 8.43. The number of rotatable bonds is 2. The fraction of sp³-hybridized carbons (Fsp3) is 0.800. The lowest BCUT2D eigenvalue weighted by Crippen LogP contribution is -2.67. The van der Waals surface area contributed by atoms with Gasteiger partial charge in [0.25, 0.3) is 0 Å². The Balaban J connectivity index is 1.50. The van der Waals surface area contributed by atoms with Crippen LogP contribution in [0.3, 0.4) is 0 Å². The molecule has 0 bridgehead atoms. The number of carbonyl (C=O) groups is 3. The molecule has 3 saturated heterocycles. The first kappa shape index (κ1) is 15.9. The van der Waals surface area contributed by atoms with E-state index in [0.717, 1.165) is 0 Å². The van der Waals surface area contributed by atoms with Crippen molar-refractivity contribution >= 4 is 18.0 Å². The van der Waals surface area contributed by atoms with Crippen LogP contribution in [-0.2, 0) is 9.53 Å². The second-order valence-corrected chi connectivity index (χ2v) is 7.30. The van der Waals surface area contributed by atoms with Crippen molar-refractivity contribution in [2.24, 2.45) is 0 Å². The Labute approximate surface area is 135 Å². The third kappa shape index (κ3) is 3.07. The maximum absolute atomic E-state index is 12.5. The molecule has 0 aromatic rings. The van der Waals surface area contributed by atoms with E-state index in [0.29, 0.717) is 39.1 Å². The van der Waals surface area contributed by atoms with Crippen molar-refractivity contribution in [1.82, 2.24) is 20.0 Å². The van der Waals surface area contributed by atoms with Gasteiger partial charge < -0.3 is 19.9 Å². The van der Waals surface area contributed by atoms with Crippen LogP contribution in [0.4, 0.5) is 9.59 Å². The van der Waals surface area contributed by atoms with Gasteiger partial charge in [0.2, 0.25) is 5.91 Å². The van der Waals surface area contributed by atoms with Gasteiger partial charge in [-0.05, 0) is 27.2 Å². The first-order chi connectivity index (χ1) is 10.8. The topological polar surface area (TPSA) is 82.2 Å². The molecular formula is C15H24N4O4. The molecule has 0 unspecified atom stereocenters. The highest BCUT2D eigenvalue weighted by Gasteiger charge is 2.46. The highest BCUT2D eigenvalue weighted by atomic mass is 16.6. The highest BCUT2D eigenvalue weighted by molar-refractivity contribution is 5.88. The molecule has 0 aromatic heterocycles. The minimum atomic E-state index is -0.564. The van der Waals surface area contributed by atoms with Crippen LogP contribution in [0.2, 0.25) is 0 Å². The Morgan fingerprint density at radius 2 is 1.91 bits per heavy atom. The Bertz CT molecular complexity index is 524. The summed E-state index contributed by atoms with van der Waals surface area (Å²) >= 11 is 0. The standard InChI is InChI=1S/C15H24N4O4/c1-15(2,3)23-14(22)19-6-4-11(19)12(20)17-8-10(9-17)18-7-5-16-13(18)21/h10-11H,4-9H2,1-3H3,(H,16,21)/t11-/m1/s1. The van der Waals surface area contributed by atoms with Crippen LogP contribution >= 0.6 is 0 Å². The highest BCUT2D eigenvalue weighted by Crippen LogP contribution is 2.26. The van der Waals surface area contributed by atoms with E-state index in [-0.39, 0.29) is 18.0 Å². The van der Waals surface area contributed by atoms with Gasteiger partial charge in [-0.2, -0.15) is 0 Å². The summed E-state index contributed by atoms with van der Waals surface area (Å²) in [4.78, 5) is 41.1. The number of carbonyl (C=O) groups excluding carboxylic acids is 3. The van der Waals surface area contributed by atoms with Gasteiger partial charge >= 0.3 is 12.1 Å². The van der Waals surface area contributed by atoms with E-state index < -0.39 is 17.7 Å². The molecule has 1 N–H and O–H groups in total. The summed E-state index contributed by atoms with van der Waals surface area (Å²) in [5.41, 5.74) is -0.564. The summed E-state index contributed by atoms with van der Waals surface area (Å²) < 4.78 is 5.33.